The molecule has 0 saturated heterocycles. The topological polar surface area (TPSA) is 62.5 Å². The Morgan fingerprint density at radius 2 is 2.10 bits per heavy atom. The molecule has 1 aliphatic heterocycles. The average Bonchev–Trinajstić information content (AvgIpc) is 2.82. The number of fused-ring (bicyclic) bond motifs is 1. The molecule has 1 N–H and O–H groups in total. The quantitative estimate of drug-likeness (QED) is 0.856. The number of hydrogen-bond acceptors (Lipinski definition) is 4. The van der Waals surface area contributed by atoms with Crippen LogP contribution in [0.25, 0.3) is 0 Å². The van der Waals surface area contributed by atoms with Gasteiger partial charge in [0.25, 0.3) is 0 Å². The van der Waals surface area contributed by atoms with Crippen LogP contribution in [0.3, 0.4) is 0 Å². The van der Waals surface area contributed by atoms with Gasteiger partial charge in [-0.25, -0.2) is 0 Å². The molecule has 4 nitrogen and oxygen atoms in total. The molecule has 2 aromatic carbocycles. The van der Waals surface area contributed by atoms with Gasteiger partial charge in [0.1, 0.15) is 17.6 Å². The van der Waals surface area contributed by atoms with E-state index in [4.69, 9.17) is 9.39 Å². The fraction of sp³-hybridized carbons (Fsp3) is 0.188. The van der Waals surface area contributed by atoms with Crippen molar-refractivity contribution in [1.82, 2.24) is 0 Å². The van der Waals surface area contributed by atoms with Crippen molar-refractivity contribution in [3.8, 4) is 17.6 Å². The molecule has 0 saturated carbocycles. The maximum Gasteiger partial charge on any atom is 0.491 e. The van der Waals surface area contributed by atoms with Gasteiger partial charge in [-0.2, -0.15) is 5.26 Å². The molecule has 0 bridgehead atoms. The number of aryl methyl sites for hydroxylation is 2. The van der Waals surface area contributed by atoms with Crippen LogP contribution in [0.15, 0.2) is 30.3 Å². The summed E-state index contributed by atoms with van der Waals surface area (Å²) < 4.78 is 11.0. The van der Waals surface area contributed by atoms with Crippen molar-refractivity contribution in [2.24, 2.45) is 0 Å². The zero-order chi connectivity index (χ0) is 15.0. The van der Waals surface area contributed by atoms with Crippen molar-refractivity contribution in [3.63, 3.8) is 0 Å². The van der Waals surface area contributed by atoms with Crippen LogP contribution in [0.2, 0.25) is 0 Å². The van der Waals surface area contributed by atoms with E-state index in [0.29, 0.717) is 23.7 Å². The SMILES string of the molecule is Cc1cc(C)c(Oc2ccc3c(c2)COB3O)c(C#N)c1. The minimum absolute atomic E-state index is 0.367. The van der Waals surface area contributed by atoms with E-state index in [-0.39, 0.29) is 0 Å². The summed E-state index contributed by atoms with van der Waals surface area (Å²) in [6.07, 6.45) is 0. The van der Waals surface area contributed by atoms with Crippen LogP contribution in [0.5, 0.6) is 11.5 Å². The summed E-state index contributed by atoms with van der Waals surface area (Å²) in [5.74, 6) is 1.21. The predicted molar refractivity (Wildman–Crippen MR) is 79.5 cm³/mol. The van der Waals surface area contributed by atoms with E-state index in [2.05, 4.69) is 6.07 Å². The van der Waals surface area contributed by atoms with Gasteiger partial charge in [-0.3, -0.25) is 0 Å². The van der Waals surface area contributed by atoms with Gasteiger partial charge in [-0.1, -0.05) is 12.1 Å². The van der Waals surface area contributed by atoms with Gasteiger partial charge in [-0.15, -0.1) is 0 Å². The van der Waals surface area contributed by atoms with E-state index in [9.17, 15) is 10.3 Å². The molecule has 1 heterocycles. The number of nitrogens with zero attached hydrogens (tertiary/aromatic N) is 1. The lowest BCUT2D eigenvalue weighted by Crippen LogP contribution is -2.27. The average molecular weight is 279 g/mol. The second-order valence-corrected chi connectivity index (χ2v) is 5.20. The van der Waals surface area contributed by atoms with Gasteiger partial charge in [0.15, 0.2) is 0 Å². The molecular formula is C16H14BNO3. The molecule has 5 heteroatoms. The number of hydrogen-bond donors (Lipinski definition) is 1. The molecule has 0 atom stereocenters. The summed E-state index contributed by atoms with van der Waals surface area (Å²) in [5.41, 5.74) is 4.14. The lowest BCUT2D eigenvalue weighted by molar-refractivity contribution is 0.275. The Balaban J connectivity index is 1.97. The first-order chi connectivity index (χ1) is 10.1. The summed E-state index contributed by atoms with van der Waals surface area (Å²) >= 11 is 0. The van der Waals surface area contributed by atoms with Gasteiger partial charge in [0.2, 0.25) is 0 Å². The summed E-state index contributed by atoms with van der Waals surface area (Å²) in [6, 6.07) is 11.4. The van der Waals surface area contributed by atoms with E-state index < -0.39 is 7.12 Å². The Morgan fingerprint density at radius 3 is 2.86 bits per heavy atom. The first kappa shape index (κ1) is 13.7. The molecule has 21 heavy (non-hydrogen) atoms. The predicted octanol–water partition coefficient (Wildman–Crippen LogP) is 2.19. The van der Waals surface area contributed by atoms with Gasteiger partial charge in [0, 0.05) is 0 Å². The van der Waals surface area contributed by atoms with Crippen molar-refractivity contribution < 1.29 is 14.4 Å². The maximum atomic E-state index is 9.61. The summed E-state index contributed by atoms with van der Waals surface area (Å²) in [4.78, 5) is 0. The number of nitriles is 1. The second-order valence-electron chi connectivity index (χ2n) is 5.20. The number of rotatable bonds is 2. The molecule has 3 rings (SSSR count). The third kappa shape index (κ3) is 2.51. The van der Waals surface area contributed by atoms with Crippen LogP contribution in [-0.4, -0.2) is 12.1 Å². The minimum atomic E-state index is -0.857. The first-order valence-corrected chi connectivity index (χ1v) is 6.70. The van der Waals surface area contributed by atoms with E-state index in [1.807, 2.05) is 32.0 Å². The normalized spacial score (nSPS) is 13.0. The Hall–Kier alpha value is -2.29. The third-order valence-electron chi connectivity index (χ3n) is 3.54. The molecule has 0 fully saturated rings. The lowest BCUT2D eigenvalue weighted by Gasteiger charge is -2.12. The standard InChI is InChI=1S/C16H14BNO3/c1-10-5-11(2)16(12(6-10)8-18)21-14-3-4-15-13(7-14)9-20-17(15)19/h3-7,19H,9H2,1-2H3. The molecule has 104 valence electrons. The van der Waals surface area contributed by atoms with Crippen LogP contribution in [0.4, 0.5) is 0 Å². The van der Waals surface area contributed by atoms with Crippen molar-refractivity contribution >= 4 is 12.6 Å². The first-order valence-electron chi connectivity index (χ1n) is 6.70. The van der Waals surface area contributed by atoms with E-state index >= 15 is 0 Å². The Kier molecular flexibility index (Phi) is 3.42. The fourth-order valence-electron chi connectivity index (χ4n) is 2.56. The van der Waals surface area contributed by atoms with Crippen LogP contribution in [0.1, 0.15) is 22.3 Å². The molecule has 0 spiro atoms. The highest BCUT2D eigenvalue weighted by Crippen LogP contribution is 2.30. The second kappa shape index (κ2) is 5.25. The van der Waals surface area contributed by atoms with Gasteiger partial charge in [0.05, 0.1) is 12.2 Å². The minimum Gasteiger partial charge on any atom is -0.456 e. The lowest BCUT2D eigenvalue weighted by atomic mass is 9.80. The highest BCUT2D eigenvalue weighted by molar-refractivity contribution is 6.61. The summed E-state index contributed by atoms with van der Waals surface area (Å²) in [6.45, 7) is 4.24. The summed E-state index contributed by atoms with van der Waals surface area (Å²) in [7, 11) is -0.857. The molecule has 0 radical (unpaired) electrons. The molecule has 2 aromatic rings. The Bertz CT molecular complexity index is 752. The van der Waals surface area contributed by atoms with Crippen LogP contribution < -0.4 is 10.2 Å². The van der Waals surface area contributed by atoms with E-state index in [0.717, 1.165) is 22.2 Å². The number of benzene rings is 2. The van der Waals surface area contributed by atoms with Gasteiger partial charge >= 0.3 is 7.12 Å². The smallest absolute Gasteiger partial charge is 0.456 e. The highest BCUT2D eigenvalue weighted by atomic mass is 16.5. The monoisotopic (exact) mass is 279 g/mol. The van der Waals surface area contributed by atoms with Crippen molar-refractivity contribution in [2.75, 3.05) is 0 Å². The van der Waals surface area contributed by atoms with E-state index in [1.165, 1.54) is 0 Å². The summed E-state index contributed by atoms with van der Waals surface area (Å²) in [5, 5.41) is 18.9. The zero-order valence-electron chi connectivity index (χ0n) is 11.9. The molecule has 0 aliphatic carbocycles. The van der Waals surface area contributed by atoms with Crippen LogP contribution >= 0.6 is 0 Å². The maximum absolute atomic E-state index is 9.61. The van der Waals surface area contributed by atoms with Crippen LogP contribution in [-0.2, 0) is 11.3 Å². The molecule has 0 unspecified atom stereocenters. The van der Waals surface area contributed by atoms with Crippen molar-refractivity contribution in [3.05, 3.63) is 52.6 Å². The van der Waals surface area contributed by atoms with Crippen molar-refractivity contribution in [1.29, 1.82) is 5.26 Å². The molecular weight excluding hydrogens is 265 g/mol. The third-order valence-corrected chi connectivity index (χ3v) is 3.54. The molecule has 1 aliphatic rings. The van der Waals surface area contributed by atoms with E-state index in [1.54, 1.807) is 12.1 Å². The Labute approximate surface area is 123 Å². The Morgan fingerprint density at radius 1 is 1.29 bits per heavy atom. The molecule has 0 amide bonds. The fourth-order valence-corrected chi connectivity index (χ4v) is 2.56. The molecule has 0 aromatic heterocycles. The van der Waals surface area contributed by atoms with Gasteiger partial charge < -0.3 is 14.4 Å². The van der Waals surface area contributed by atoms with Crippen molar-refractivity contribution in [2.45, 2.75) is 20.5 Å². The number of ether oxygens (including phenoxy) is 1. The largest absolute Gasteiger partial charge is 0.491 e. The zero-order valence-corrected chi connectivity index (χ0v) is 11.9. The highest BCUT2D eigenvalue weighted by Gasteiger charge is 2.27. The van der Waals surface area contributed by atoms with Gasteiger partial charge in [-0.05, 0) is 54.2 Å². The van der Waals surface area contributed by atoms with Crippen LogP contribution in [0, 0.1) is 25.2 Å².